The van der Waals surface area contributed by atoms with Crippen molar-refractivity contribution >= 4 is 22.6 Å². The summed E-state index contributed by atoms with van der Waals surface area (Å²) in [5.74, 6) is 1.30. The van der Waals surface area contributed by atoms with Gasteiger partial charge >= 0.3 is 0 Å². The van der Waals surface area contributed by atoms with Crippen LogP contribution >= 0.6 is 11.3 Å². The van der Waals surface area contributed by atoms with Crippen molar-refractivity contribution in [1.82, 2.24) is 4.98 Å². The van der Waals surface area contributed by atoms with Crippen molar-refractivity contribution < 1.29 is 9.47 Å². The quantitative estimate of drug-likeness (QED) is 0.637. The molecule has 1 aromatic heterocycles. The fraction of sp³-hybridized carbons (Fsp3) is 0.100. The average molecular weight is 363 g/mol. The number of nitriles is 1. The van der Waals surface area contributed by atoms with Crippen LogP contribution in [0.1, 0.15) is 5.01 Å². The summed E-state index contributed by atoms with van der Waals surface area (Å²) in [5.41, 5.74) is 3.08. The molecule has 0 saturated carbocycles. The van der Waals surface area contributed by atoms with E-state index in [1.54, 1.807) is 20.4 Å². The van der Waals surface area contributed by atoms with Gasteiger partial charge in [0, 0.05) is 22.8 Å². The van der Waals surface area contributed by atoms with E-state index in [0.717, 1.165) is 16.9 Å². The molecule has 0 aliphatic carbocycles. The molecule has 2 aromatic carbocycles. The van der Waals surface area contributed by atoms with Gasteiger partial charge in [0.25, 0.3) is 0 Å². The summed E-state index contributed by atoms with van der Waals surface area (Å²) in [6.07, 6.45) is 1.67. The predicted molar refractivity (Wildman–Crippen MR) is 104 cm³/mol. The van der Waals surface area contributed by atoms with Gasteiger partial charge in [-0.2, -0.15) is 5.26 Å². The first-order chi connectivity index (χ1) is 12.7. The molecule has 0 aliphatic rings. The molecular formula is C20H17N3O2S. The molecule has 0 spiro atoms. The number of hydrogen-bond donors (Lipinski definition) is 1. The Morgan fingerprint density at radius 1 is 1.12 bits per heavy atom. The van der Waals surface area contributed by atoms with E-state index in [2.05, 4.69) is 16.4 Å². The zero-order valence-corrected chi connectivity index (χ0v) is 15.2. The molecule has 5 nitrogen and oxygen atoms in total. The number of rotatable bonds is 6. The molecule has 0 amide bonds. The molecule has 0 aliphatic heterocycles. The largest absolute Gasteiger partial charge is 0.493 e. The molecular weight excluding hydrogens is 346 g/mol. The van der Waals surface area contributed by atoms with Gasteiger partial charge in [-0.15, -0.1) is 11.3 Å². The number of nitrogens with one attached hydrogen (secondary N) is 1. The van der Waals surface area contributed by atoms with Crippen LogP contribution in [0.4, 0.5) is 5.69 Å². The van der Waals surface area contributed by atoms with Crippen LogP contribution in [0.2, 0.25) is 0 Å². The van der Waals surface area contributed by atoms with E-state index in [9.17, 15) is 5.26 Å². The topological polar surface area (TPSA) is 67.2 Å². The molecule has 1 N–H and O–H groups in total. The number of methoxy groups -OCH3 is 2. The van der Waals surface area contributed by atoms with Gasteiger partial charge < -0.3 is 14.8 Å². The average Bonchev–Trinajstić information content (AvgIpc) is 3.18. The lowest BCUT2D eigenvalue weighted by Gasteiger charge is -2.08. The minimum absolute atomic E-state index is 0.477. The van der Waals surface area contributed by atoms with Crippen LogP contribution in [-0.4, -0.2) is 19.2 Å². The standard InChI is InChI=1S/C20H17N3O2S/c1-24-18-9-8-14(10-19(18)25-2)17-13-26-20(23-17)15(11-21)12-22-16-6-4-3-5-7-16/h3-10,12-13,22H,1-2H3/b15-12+. The maximum Gasteiger partial charge on any atom is 0.161 e. The Bertz CT molecular complexity index is 959. The van der Waals surface area contributed by atoms with E-state index >= 15 is 0 Å². The van der Waals surface area contributed by atoms with Crippen molar-refractivity contribution in [2.75, 3.05) is 19.5 Å². The zero-order valence-electron chi connectivity index (χ0n) is 14.4. The third-order valence-electron chi connectivity index (χ3n) is 3.69. The molecule has 3 aromatic rings. The number of anilines is 1. The molecule has 0 fully saturated rings. The highest BCUT2D eigenvalue weighted by atomic mass is 32.1. The highest BCUT2D eigenvalue weighted by molar-refractivity contribution is 7.11. The van der Waals surface area contributed by atoms with Crippen molar-refractivity contribution in [2.45, 2.75) is 0 Å². The second-order valence-electron chi connectivity index (χ2n) is 5.29. The third kappa shape index (κ3) is 3.85. The fourth-order valence-electron chi connectivity index (χ4n) is 2.36. The van der Waals surface area contributed by atoms with Crippen LogP contribution in [0.3, 0.4) is 0 Å². The Morgan fingerprint density at radius 2 is 1.88 bits per heavy atom. The van der Waals surface area contributed by atoms with Gasteiger partial charge in [-0.3, -0.25) is 0 Å². The van der Waals surface area contributed by atoms with Crippen molar-refractivity contribution in [2.24, 2.45) is 0 Å². The molecule has 0 unspecified atom stereocenters. The number of allylic oxidation sites excluding steroid dienone is 1. The predicted octanol–water partition coefficient (Wildman–Crippen LogP) is 4.80. The SMILES string of the molecule is COc1ccc(-c2csc(/C(C#N)=C/Nc3ccccc3)n2)cc1OC. The minimum atomic E-state index is 0.477. The van der Waals surface area contributed by atoms with Crippen molar-refractivity contribution in [3.05, 3.63) is 65.1 Å². The van der Waals surface area contributed by atoms with Crippen LogP contribution in [0.15, 0.2) is 60.1 Å². The second-order valence-corrected chi connectivity index (χ2v) is 6.15. The Hall–Kier alpha value is -3.30. The molecule has 130 valence electrons. The summed E-state index contributed by atoms with van der Waals surface area (Å²) >= 11 is 1.42. The van der Waals surface area contributed by atoms with Crippen molar-refractivity contribution in [3.63, 3.8) is 0 Å². The fourth-order valence-corrected chi connectivity index (χ4v) is 3.15. The summed E-state index contributed by atoms with van der Waals surface area (Å²) in [6.45, 7) is 0. The normalized spacial score (nSPS) is 10.9. The number of ether oxygens (including phenoxy) is 2. The van der Waals surface area contributed by atoms with Gasteiger partial charge in [-0.05, 0) is 30.3 Å². The molecule has 6 heteroatoms. The van der Waals surface area contributed by atoms with Gasteiger partial charge in [-0.1, -0.05) is 18.2 Å². The number of nitrogens with zero attached hydrogens (tertiary/aromatic N) is 2. The summed E-state index contributed by atoms with van der Waals surface area (Å²) in [4.78, 5) is 4.59. The molecule has 0 saturated heterocycles. The molecule has 0 bridgehead atoms. The van der Waals surface area contributed by atoms with Gasteiger partial charge in [0.05, 0.1) is 19.9 Å². The lowest BCUT2D eigenvalue weighted by atomic mass is 10.1. The number of benzene rings is 2. The first-order valence-electron chi connectivity index (χ1n) is 7.85. The number of thiazole rings is 1. The summed E-state index contributed by atoms with van der Waals surface area (Å²) < 4.78 is 10.6. The molecule has 0 radical (unpaired) electrons. The highest BCUT2D eigenvalue weighted by Crippen LogP contribution is 2.33. The maximum atomic E-state index is 9.46. The Morgan fingerprint density at radius 3 is 2.58 bits per heavy atom. The highest BCUT2D eigenvalue weighted by Gasteiger charge is 2.11. The van der Waals surface area contributed by atoms with Gasteiger partial charge in [-0.25, -0.2) is 4.98 Å². The molecule has 0 atom stereocenters. The number of aromatic nitrogens is 1. The van der Waals surface area contributed by atoms with E-state index in [4.69, 9.17) is 9.47 Å². The molecule has 3 rings (SSSR count). The number of hydrogen-bond acceptors (Lipinski definition) is 6. The Kier molecular flexibility index (Phi) is 5.52. The lowest BCUT2D eigenvalue weighted by Crippen LogP contribution is -1.92. The zero-order chi connectivity index (χ0) is 18.4. The van der Waals surface area contributed by atoms with Crippen LogP contribution in [0, 0.1) is 11.3 Å². The monoisotopic (exact) mass is 363 g/mol. The van der Waals surface area contributed by atoms with Crippen LogP contribution in [0.5, 0.6) is 11.5 Å². The van der Waals surface area contributed by atoms with Crippen LogP contribution < -0.4 is 14.8 Å². The first-order valence-corrected chi connectivity index (χ1v) is 8.73. The summed E-state index contributed by atoms with van der Waals surface area (Å²) in [6, 6.07) is 17.5. The van der Waals surface area contributed by atoms with Gasteiger partial charge in [0.2, 0.25) is 0 Å². The van der Waals surface area contributed by atoms with E-state index in [1.807, 2.05) is 53.9 Å². The van der Waals surface area contributed by atoms with Crippen LogP contribution in [0.25, 0.3) is 16.8 Å². The maximum absolute atomic E-state index is 9.46. The van der Waals surface area contributed by atoms with E-state index in [0.29, 0.717) is 22.1 Å². The molecule has 26 heavy (non-hydrogen) atoms. The van der Waals surface area contributed by atoms with E-state index in [1.165, 1.54) is 11.3 Å². The smallest absolute Gasteiger partial charge is 0.161 e. The van der Waals surface area contributed by atoms with Crippen molar-refractivity contribution in [1.29, 1.82) is 5.26 Å². The first kappa shape index (κ1) is 17.5. The number of para-hydroxylation sites is 1. The van der Waals surface area contributed by atoms with E-state index in [-0.39, 0.29) is 0 Å². The summed E-state index contributed by atoms with van der Waals surface area (Å²) in [7, 11) is 3.20. The second kappa shape index (κ2) is 8.19. The van der Waals surface area contributed by atoms with Gasteiger partial charge in [0.1, 0.15) is 16.6 Å². The molecule has 1 heterocycles. The lowest BCUT2D eigenvalue weighted by molar-refractivity contribution is 0.355. The van der Waals surface area contributed by atoms with Crippen LogP contribution in [-0.2, 0) is 0 Å². The minimum Gasteiger partial charge on any atom is -0.493 e. The van der Waals surface area contributed by atoms with E-state index < -0.39 is 0 Å². The van der Waals surface area contributed by atoms with Gasteiger partial charge in [0.15, 0.2) is 11.5 Å². The Balaban J connectivity index is 1.85. The Labute approximate surface area is 156 Å². The summed E-state index contributed by atoms with van der Waals surface area (Å²) in [5, 5.41) is 15.2. The third-order valence-corrected chi connectivity index (χ3v) is 4.57. The van der Waals surface area contributed by atoms with Crippen molar-refractivity contribution in [3.8, 4) is 28.8 Å².